The van der Waals surface area contributed by atoms with Gasteiger partial charge < -0.3 is 4.74 Å². The Labute approximate surface area is 145 Å². The van der Waals surface area contributed by atoms with Crippen molar-refractivity contribution in [3.05, 3.63) is 22.2 Å². The molecule has 0 aromatic heterocycles. The van der Waals surface area contributed by atoms with Gasteiger partial charge in [-0.15, -0.1) is 0 Å². The maximum absolute atomic E-state index is 12.3. The van der Waals surface area contributed by atoms with E-state index in [-0.39, 0.29) is 14.9 Å². The van der Waals surface area contributed by atoms with E-state index in [4.69, 9.17) is 27.9 Å². The van der Waals surface area contributed by atoms with Gasteiger partial charge in [0.25, 0.3) is 0 Å². The summed E-state index contributed by atoms with van der Waals surface area (Å²) in [5.41, 5.74) is 0. The molecule has 0 saturated heterocycles. The molecule has 1 N–H and O–H groups in total. The van der Waals surface area contributed by atoms with E-state index in [1.807, 2.05) is 11.8 Å². The van der Waals surface area contributed by atoms with Gasteiger partial charge in [0.1, 0.15) is 15.7 Å². The first-order chi connectivity index (χ1) is 10.5. The second-order valence-corrected chi connectivity index (χ2v) is 8.97. The molecule has 0 bridgehead atoms. The molecule has 1 aromatic rings. The highest BCUT2D eigenvalue weighted by molar-refractivity contribution is 8.00. The maximum Gasteiger partial charge on any atom is 0.242 e. The van der Waals surface area contributed by atoms with Gasteiger partial charge in [-0.3, -0.25) is 0 Å². The van der Waals surface area contributed by atoms with E-state index >= 15 is 0 Å². The molecule has 2 rings (SSSR count). The zero-order valence-corrected chi connectivity index (χ0v) is 15.4. The Morgan fingerprint density at radius 3 is 2.59 bits per heavy atom. The molecule has 0 spiro atoms. The summed E-state index contributed by atoms with van der Waals surface area (Å²) in [6.45, 7) is 0.378. The van der Waals surface area contributed by atoms with Crippen molar-refractivity contribution in [1.82, 2.24) is 4.72 Å². The van der Waals surface area contributed by atoms with E-state index in [9.17, 15) is 8.42 Å². The minimum atomic E-state index is -3.67. The lowest BCUT2D eigenvalue weighted by Gasteiger charge is -2.12. The molecule has 0 aliphatic heterocycles. The molecule has 1 fully saturated rings. The standard InChI is InChI=1S/C14H19Cl2NO3S2/c1-20-11-6-7-12(14(16)13(11)15)22(18,19)17-8-9-21-10-4-2-3-5-10/h6-7,10,17H,2-5,8-9H2,1H3. The van der Waals surface area contributed by atoms with Crippen molar-refractivity contribution in [1.29, 1.82) is 0 Å². The molecule has 0 unspecified atom stereocenters. The lowest BCUT2D eigenvalue weighted by Crippen LogP contribution is -2.26. The third-order valence-corrected chi connectivity index (χ3v) is 7.43. The summed E-state index contributed by atoms with van der Waals surface area (Å²) in [7, 11) is -2.22. The Morgan fingerprint density at radius 2 is 1.95 bits per heavy atom. The number of rotatable bonds is 7. The molecule has 0 amide bonds. The number of methoxy groups -OCH3 is 1. The second kappa shape index (κ2) is 8.11. The SMILES string of the molecule is COc1ccc(S(=O)(=O)NCCSC2CCCC2)c(Cl)c1Cl. The smallest absolute Gasteiger partial charge is 0.242 e. The fourth-order valence-corrected chi connectivity index (χ4v) is 5.63. The van der Waals surface area contributed by atoms with Crippen LogP contribution in [0.25, 0.3) is 0 Å². The van der Waals surface area contributed by atoms with Crippen molar-refractivity contribution in [3.8, 4) is 5.75 Å². The molecule has 8 heteroatoms. The minimum Gasteiger partial charge on any atom is -0.495 e. The Kier molecular flexibility index (Phi) is 6.71. The van der Waals surface area contributed by atoms with E-state index in [0.717, 1.165) is 5.75 Å². The summed E-state index contributed by atoms with van der Waals surface area (Å²) in [6, 6.07) is 2.90. The first-order valence-electron chi connectivity index (χ1n) is 7.09. The molecule has 4 nitrogen and oxygen atoms in total. The number of halogens is 2. The zero-order valence-electron chi connectivity index (χ0n) is 12.3. The highest BCUT2D eigenvalue weighted by Crippen LogP contribution is 2.36. The van der Waals surface area contributed by atoms with Crippen LogP contribution in [0.15, 0.2) is 17.0 Å². The highest BCUT2D eigenvalue weighted by atomic mass is 35.5. The number of hydrogen-bond donors (Lipinski definition) is 1. The molecule has 1 aliphatic carbocycles. The van der Waals surface area contributed by atoms with Crippen LogP contribution in [0.3, 0.4) is 0 Å². The van der Waals surface area contributed by atoms with E-state index in [0.29, 0.717) is 17.5 Å². The maximum atomic E-state index is 12.3. The summed E-state index contributed by atoms with van der Waals surface area (Å²) in [4.78, 5) is -0.0224. The summed E-state index contributed by atoms with van der Waals surface area (Å²) < 4.78 is 32.2. The Hall–Kier alpha value is -0.140. The minimum absolute atomic E-state index is 0.0167. The van der Waals surface area contributed by atoms with Gasteiger partial charge in [-0.1, -0.05) is 36.0 Å². The normalized spacial score (nSPS) is 16.1. The quantitative estimate of drug-likeness (QED) is 0.723. The summed E-state index contributed by atoms with van der Waals surface area (Å²) >= 11 is 13.9. The van der Waals surface area contributed by atoms with Crippen LogP contribution >= 0.6 is 35.0 Å². The van der Waals surface area contributed by atoms with Crippen LogP contribution in [-0.2, 0) is 10.0 Å². The van der Waals surface area contributed by atoms with Gasteiger partial charge in [0.2, 0.25) is 10.0 Å². The van der Waals surface area contributed by atoms with Gasteiger partial charge in [0.05, 0.1) is 12.1 Å². The lowest BCUT2D eigenvalue weighted by atomic mass is 10.3. The van der Waals surface area contributed by atoms with Gasteiger partial charge in [0, 0.05) is 17.5 Å². The number of sulfonamides is 1. The Morgan fingerprint density at radius 1 is 1.27 bits per heavy atom. The molecule has 1 aliphatic rings. The summed E-state index contributed by atoms with van der Waals surface area (Å²) in [6.07, 6.45) is 5.03. The van der Waals surface area contributed by atoms with Crippen molar-refractivity contribution in [2.45, 2.75) is 35.8 Å². The fourth-order valence-electron chi connectivity index (χ4n) is 2.41. The first kappa shape index (κ1) is 18.2. The van der Waals surface area contributed by atoms with Crippen LogP contribution in [0.4, 0.5) is 0 Å². The fraction of sp³-hybridized carbons (Fsp3) is 0.571. The van der Waals surface area contributed by atoms with Crippen molar-refractivity contribution in [3.63, 3.8) is 0 Å². The van der Waals surface area contributed by atoms with E-state index in [1.165, 1.54) is 44.9 Å². The molecule has 0 heterocycles. The molecule has 1 aromatic carbocycles. The van der Waals surface area contributed by atoms with Gasteiger partial charge in [-0.25, -0.2) is 13.1 Å². The van der Waals surface area contributed by atoms with Gasteiger partial charge >= 0.3 is 0 Å². The lowest BCUT2D eigenvalue weighted by molar-refractivity contribution is 0.414. The van der Waals surface area contributed by atoms with Crippen molar-refractivity contribution in [2.75, 3.05) is 19.4 Å². The van der Waals surface area contributed by atoms with E-state index < -0.39 is 10.0 Å². The molecule has 22 heavy (non-hydrogen) atoms. The monoisotopic (exact) mass is 383 g/mol. The molecule has 0 atom stereocenters. The van der Waals surface area contributed by atoms with Crippen molar-refractivity contribution >= 4 is 45.0 Å². The first-order valence-corrected chi connectivity index (χ1v) is 10.4. The largest absolute Gasteiger partial charge is 0.495 e. The van der Waals surface area contributed by atoms with Crippen LogP contribution in [0, 0.1) is 0 Å². The number of thioether (sulfide) groups is 1. The number of nitrogens with one attached hydrogen (secondary N) is 1. The number of ether oxygens (including phenoxy) is 1. The predicted molar refractivity (Wildman–Crippen MR) is 92.9 cm³/mol. The Bertz CT molecular complexity index is 617. The van der Waals surface area contributed by atoms with Gasteiger partial charge in [0.15, 0.2) is 0 Å². The van der Waals surface area contributed by atoms with Crippen LogP contribution in [0.5, 0.6) is 5.75 Å². The molecular weight excluding hydrogens is 365 g/mol. The Balaban J connectivity index is 1.96. The zero-order chi connectivity index (χ0) is 16.2. The molecule has 1 saturated carbocycles. The predicted octanol–water partition coefficient (Wildman–Crippen LogP) is 3.96. The number of benzene rings is 1. The molecule has 0 radical (unpaired) electrons. The van der Waals surface area contributed by atoms with Crippen LogP contribution < -0.4 is 9.46 Å². The van der Waals surface area contributed by atoms with E-state index in [2.05, 4.69) is 4.72 Å². The molecular formula is C14H19Cl2NO3S2. The third kappa shape index (κ3) is 4.45. The summed E-state index contributed by atoms with van der Waals surface area (Å²) in [5.74, 6) is 1.10. The van der Waals surface area contributed by atoms with Crippen LogP contribution in [-0.4, -0.2) is 33.1 Å². The van der Waals surface area contributed by atoms with Gasteiger partial charge in [-0.05, 0) is 25.0 Å². The highest BCUT2D eigenvalue weighted by Gasteiger charge is 2.22. The topological polar surface area (TPSA) is 55.4 Å². The van der Waals surface area contributed by atoms with Crippen molar-refractivity contribution in [2.24, 2.45) is 0 Å². The van der Waals surface area contributed by atoms with Crippen molar-refractivity contribution < 1.29 is 13.2 Å². The van der Waals surface area contributed by atoms with Gasteiger partial charge in [-0.2, -0.15) is 11.8 Å². The average molecular weight is 384 g/mol. The van der Waals surface area contributed by atoms with E-state index in [1.54, 1.807) is 0 Å². The average Bonchev–Trinajstić information content (AvgIpc) is 2.99. The number of hydrogen-bond acceptors (Lipinski definition) is 4. The second-order valence-electron chi connectivity index (χ2n) is 5.07. The van der Waals surface area contributed by atoms with Crippen LogP contribution in [0.2, 0.25) is 10.0 Å². The van der Waals surface area contributed by atoms with Crippen LogP contribution in [0.1, 0.15) is 25.7 Å². The third-order valence-electron chi connectivity index (χ3n) is 3.57. The summed E-state index contributed by atoms with van der Waals surface area (Å²) in [5, 5.41) is 0.757. The molecule has 124 valence electrons.